The van der Waals surface area contributed by atoms with Gasteiger partial charge in [0.15, 0.2) is 0 Å². The first-order chi connectivity index (χ1) is 8.73. The van der Waals surface area contributed by atoms with Gasteiger partial charge in [0.05, 0.1) is 11.8 Å². The van der Waals surface area contributed by atoms with E-state index in [0.717, 1.165) is 0 Å². The molecule has 0 aliphatic heterocycles. The molecular formula is C12H18O7. The van der Waals surface area contributed by atoms with Gasteiger partial charge in [-0.05, 0) is 12.8 Å². The number of hydrogen-bond donors (Lipinski definition) is 2. The summed E-state index contributed by atoms with van der Waals surface area (Å²) in [5.41, 5.74) is 0. The SMILES string of the molecule is C[C@@H](C[C@H](C)C(=O)OC(=O)CCCC(=O)O)C(=O)O. The van der Waals surface area contributed by atoms with Crippen molar-refractivity contribution < 1.29 is 34.1 Å². The molecule has 0 heterocycles. The maximum Gasteiger partial charge on any atom is 0.316 e. The molecule has 0 unspecified atom stereocenters. The van der Waals surface area contributed by atoms with Crippen LogP contribution in [0.2, 0.25) is 0 Å². The number of ether oxygens (including phenoxy) is 1. The van der Waals surface area contributed by atoms with Gasteiger partial charge in [-0.25, -0.2) is 0 Å². The van der Waals surface area contributed by atoms with Crippen LogP contribution in [-0.4, -0.2) is 34.1 Å². The lowest BCUT2D eigenvalue weighted by atomic mass is 9.98. The van der Waals surface area contributed by atoms with Crippen LogP contribution in [0.4, 0.5) is 0 Å². The largest absolute Gasteiger partial charge is 0.481 e. The van der Waals surface area contributed by atoms with Crippen LogP contribution in [-0.2, 0) is 23.9 Å². The molecule has 0 aromatic carbocycles. The zero-order valence-electron chi connectivity index (χ0n) is 10.9. The number of esters is 2. The van der Waals surface area contributed by atoms with Crippen molar-refractivity contribution >= 4 is 23.9 Å². The molecule has 0 spiro atoms. The third-order valence-corrected chi connectivity index (χ3v) is 2.52. The summed E-state index contributed by atoms with van der Waals surface area (Å²) in [6, 6.07) is 0. The van der Waals surface area contributed by atoms with Gasteiger partial charge in [0.2, 0.25) is 0 Å². The highest BCUT2D eigenvalue weighted by Gasteiger charge is 2.23. The van der Waals surface area contributed by atoms with E-state index in [1.807, 2.05) is 0 Å². The number of carboxylic acids is 2. The second-order valence-electron chi connectivity index (χ2n) is 4.42. The number of aliphatic carboxylic acids is 2. The zero-order chi connectivity index (χ0) is 15.0. The minimum Gasteiger partial charge on any atom is -0.481 e. The monoisotopic (exact) mass is 274 g/mol. The Hall–Kier alpha value is -1.92. The van der Waals surface area contributed by atoms with Gasteiger partial charge in [0.1, 0.15) is 0 Å². The molecule has 0 fully saturated rings. The lowest BCUT2D eigenvalue weighted by molar-refractivity contribution is -0.162. The summed E-state index contributed by atoms with van der Waals surface area (Å²) >= 11 is 0. The van der Waals surface area contributed by atoms with Crippen LogP contribution in [0, 0.1) is 11.8 Å². The molecule has 0 radical (unpaired) electrons. The van der Waals surface area contributed by atoms with Gasteiger partial charge < -0.3 is 14.9 Å². The second-order valence-corrected chi connectivity index (χ2v) is 4.42. The van der Waals surface area contributed by atoms with E-state index in [9.17, 15) is 19.2 Å². The van der Waals surface area contributed by atoms with E-state index in [2.05, 4.69) is 4.74 Å². The van der Waals surface area contributed by atoms with E-state index in [1.54, 1.807) is 0 Å². The highest BCUT2D eigenvalue weighted by Crippen LogP contribution is 2.14. The van der Waals surface area contributed by atoms with E-state index < -0.39 is 35.7 Å². The molecule has 2 N–H and O–H groups in total. The number of rotatable bonds is 8. The van der Waals surface area contributed by atoms with Crippen LogP contribution in [0.1, 0.15) is 39.5 Å². The normalized spacial score (nSPS) is 13.4. The van der Waals surface area contributed by atoms with E-state index in [4.69, 9.17) is 10.2 Å². The molecule has 0 amide bonds. The van der Waals surface area contributed by atoms with Crippen LogP contribution < -0.4 is 0 Å². The molecule has 0 rings (SSSR count). The third-order valence-electron chi connectivity index (χ3n) is 2.52. The zero-order valence-corrected chi connectivity index (χ0v) is 10.9. The van der Waals surface area contributed by atoms with Crippen molar-refractivity contribution in [1.82, 2.24) is 0 Å². The standard InChI is InChI=1S/C12H18O7/c1-7(11(16)17)6-8(2)12(18)19-10(15)5-3-4-9(13)14/h7-8H,3-6H2,1-2H3,(H,13,14)(H,16,17)/t7-,8-/m0/s1. The maximum atomic E-state index is 11.5. The van der Waals surface area contributed by atoms with Crippen molar-refractivity contribution in [3.8, 4) is 0 Å². The second kappa shape index (κ2) is 8.23. The van der Waals surface area contributed by atoms with Crippen molar-refractivity contribution in [3.05, 3.63) is 0 Å². The molecule has 19 heavy (non-hydrogen) atoms. The van der Waals surface area contributed by atoms with Gasteiger partial charge in [-0.3, -0.25) is 19.2 Å². The van der Waals surface area contributed by atoms with Crippen LogP contribution in [0.15, 0.2) is 0 Å². The fourth-order valence-corrected chi connectivity index (χ4v) is 1.38. The van der Waals surface area contributed by atoms with Gasteiger partial charge in [-0.2, -0.15) is 0 Å². The molecule has 2 atom stereocenters. The van der Waals surface area contributed by atoms with Crippen LogP contribution in [0.5, 0.6) is 0 Å². The summed E-state index contributed by atoms with van der Waals surface area (Å²) in [4.78, 5) is 43.5. The molecule has 0 aliphatic carbocycles. The summed E-state index contributed by atoms with van der Waals surface area (Å²) in [6.07, 6.45) is -0.147. The lowest BCUT2D eigenvalue weighted by Crippen LogP contribution is -2.23. The minimum atomic E-state index is -1.03. The van der Waals surface area contributed by atoms with Crippen molar-refractivity contribution in [1.29, 1.82) is 0 Å². The fourth-order valence-electron chi connectivity index (χ4n) is 1.38. The molecule has 0 bridgehead atoms. The number of carbonyl (C=O) groups excluding carboxylic acids is 2. The smallest absolute Gasteiger partial charge is 0.316 e. The molecule has 0 saturated carbocycles. The van der Waals surface area contributed by atoms with Gasteiger partial charge in [-0.1, -0.05) is 13.8 Å². The first kappa shape index (κ1) is 17.1. The topological polar surface area (TPSA) is 118 Å². The summed E-state index contributed by atoms with van der Waals surface area (Å²) in [6.45, 7) is 2.94. The number of carbonyl (C=O) groups is 4. The molecule has 0 saturated heterocycles. The molecular weight excluding hydrogens is 256 g/mol. The van der Waals surface area contributed by atoms with E-state index in [-0.39, 0.29) is 25.7 Å². The summed E-state index contributed by atoms with van der Waals surface area (Å²) in [5.74, 6) is -5.02. The first-order valence-electron chi connectivity index (χ1n) is 5.93. The maximum absolute atomic E-state index is 11.5. The minimum absolute atomic E-state index is 0.0799. The summed E-state index contributed by atoms with van der Waals surface area (Å²) in [5, 5.41) is 17.1. The Kier molecular flexibility index (Phi) is 7.40. The van der Waals surface area contributed by atoms with Crippen LogP contribution >= 0.6 is 0 Å². The van der Waals surface area contributed by atoms with Crippen molar-refractivity contribution in [2.24, 2.45) is 11.8 Å². The molecule has 0 aromatic rings. The Morgan fingerprint density at radius 1 is 1.00 bits per heavy atom. The Labute approximate surface area is 110 Å². The van der Waals surface area contributed by atoms with Crippen LogP contribution in [0.3, 0.4) is 0 Å². The predicted molar refractivity (Wildman–Crippen MR) is 63.2 cm³/mol. The van der Waals surface area contributed by atoms with E-state index in [0.29, 0.717) is 0 Å². The van der Waals surface area contributed by atoms with Crippen molar-refractivity contribution in [3.63, 3.8) is 0 Å². The average Bonchev–Trinajstić information content (AvgIpc) is 2.27. The molecule has 108 valence electrons. The number of hydrogen-bond acceptors (Lipinski definition) is 5. The third kappa shape index (κ3) is 7.91. The predicted octanol–water partition coefficient (Wildman–Crippen LogP) is 1.06. The van der Waals surface area contributed by atoms with Crippen LogP contribution in [0.25, 0.3) is 0 Å². The average molecular weight is 274 g/mol. The van der Waals surface area contributed by atoms with E-state index >= 15 is 0 Å². The molecule has 0 aliphatic rings. The highest BCUT2D eigenvalue weighted by atomic mass is 16.6. The number of carboxylic acid groups (broad SMARTS) is 2. The van der Waals surface area contributed by atoms with E-state index in [1.165, 1.54) is 13.8 Å². The molecule has 7 nitrogen and oxygen atoms in total. The van der Waals surface area contributed by atoms with Gasteiger partial charge in [0.25, 0.3) is 0 Å². The Morgan fingerprint density at radius 3 is 2.05 bits per heavy atom. The van der Waals surface area contributed by atoms with Gasteiger partial charge in [-0.15, -0.1) is 0 Å². The Bertz CT molecular complexity index is 361. The van der Waals surface area contributed by atoms with Gasteiger partial charge >= 0.3 is 23.9 Å². The first-order valence-corrected chi connectivity index (χ1v) is 5.93. The lowest BCUT2D eigenvalue weighted by Gasteiger charge is -2.12. The summed E-state index contributed by atoms with van der Waals surface area (Å²) in [7, 11) is 0. The van der Waals surface area contributed by atoms with Crippen molar-refractivity contribution in [2.45, 2.75) is 39.5 Å². The quantitative estimate of drug-likeness (QED) is 0.501. The molecule has 0 aromatic heterocycles. The van der Waals surface area contributed by atoms with Gasteiger partial charge in [0, 0.05) is 12.8 Å². The Balaban J connectivity index is 4.04. The Morgan fingerprint density at radius 2 is 1.58 bits per heavy atom. The highest BCUT2D eigenvalue weighted by molar-refractivity contribution is 5.87. The van der Waals surface area contributed by atoms with Crippen molar-refractivity contribution in [2.75, 3.05) is 0 Å². The molecule has 7 heteroatoms. The fraction of sp³-hybridized carbons (Fsp3) is 0.667. The summed E-state index contributed by atoms with van der Waals surface area (Å²) < 4.78 is 4.51.